The minimum absolute atomic E-state index is 0.418. The van der Waals surface area contributed by atoms with E-state index in [1.807, 2.05) is 19.1 Å². The third-order valence-electron chi connectivity index (χ3n) is 7.41. The van der Waals surface area contributed by atoms with Crippen LogP contribution in [0.1, 0.15) is 171 Å². The molecular formula is C33H59NO2. The molecule has 1 amide bonds. The number of hydrogen-bond acceptors (Lipinski definition) is 2. The number of carbonyl (C=O) groups is 1. The molecule has 0 saturated heterocycles. The number of aryl methyl sites for hydroxylation is 1. The number of primary amides is 1. The van der Waals surface area contributed by atoms with Crippen molar-refractivity contribution >= 4 is 5.91 Å². The molecule has 3 heteroatoms. The predicted molar refractivity (Wildman–Crippen MR) is 157 cm³/mol. The van der Waals surface area contributed by atoms with Crippen molar-refractivity contribution in [3.63, 3.8) is 0 Å². The second-order valence-corrected chi connectivity index (χ2v) is 11.0. The first-order chi connectivity index (χ1) is 17.6. The van der Waals surface area contributed by atoms with Crippen molar-refractivity contribution in [2.75, 3.05) is 6.61 Å². The molecule has 1 aromatic rings. The van der Waals surface area contributed by atoms with E-state index in [4.69, 9.17) is 10.5 Å². The molecule has 0 atom stereocenters. The lowest BCUT2D eigenvalue weighted by Crippen LogP contribution is -2.13. The molecule has 0 bridgehead atoms. The molecular weight excluding hydrogens is 442 g/mol. The lowest BCUT2D eigenvalue weighted by Gasteiger charge is -2.10. The molecule has 0 radical (unpaired) electrons. The van der Waals surface area contributed by atoms with Gasteiger partial charge in [0.2, 0.25) is 0 Å². The average Bonchev–Trinajstić information content (AvgIpc) is 2.87. The number of hydrogen-bond donors (Lipinski definition) is 1. The zero-order valence-electron chi connectivity index (χ0n) is 24.1. The van der Waals surface area contributed by atoms with Gasteiger partial charge in [-0.05, 0) is 25.5 Å². The number of nitrogens with two attached hydrogens (primary N) is 1. The average molecular weight is 502 g/mol. The number of rotatable bonds is 26. The van der Waals surface area contributed by atoms with Gasteiger partial charge in [-0.3, -0.25) is 4.79 Å². The Hall–Kier alpha value is -1.51. The fraction of sp³-hybridized carbons (Fsp3) is 0.788. The molecule has 0 heterocycles. The molecule has 0 aliphatic heterocycles. The molecule has 2 N–H and O–H groups in total. The fourth-order valence-corrected chi connectivity index (χ4v) is 5.03. The lowest BCUT2D eigenvalue weighted by atomic mass is 10.0. The van der Waals surface area contributed by atoms with Crippen LogP contribution >= 0.6 is 0 Å². The zero-order valence-corrected chi connectivity index (χ0v) is 24.1. The number of ether oxygens (including phenoxy) is 1. The Morgan fingerprint density at radius 1 is 0.611 bits per heavy atom. The van der Waals surface area contributed by atoms with Crippen LogP contribution in [0.5, 0.6) is 5.75 Å². The molecule has 0 spiro atoms. The van der Waals surface area contributed by atoms with Gasteiger partial charge in [-0.25, -0.2) is 0 Å². The van der Waals surface area contributed by atoms with E-state index in [0.717, 1.165) is 12.0 Å². The SMILES string of the molecule is CCCCCCCCCCCCCCCCCCCCCCCCCOc1ccc(C)cc1C(N)=O. The van der Waals surface area contributed by atoms with Crippen molar-refractivity contribution in [2.45, 2.75) is 162 Å². The van der Waals surface area contributed by atoms with Gasteiger partial charge in [-0.1, -0.05) is 160 Å². The number of carbonyl (C=O) groups excluding carboxylic acids is 1. The molecule has 0 aromatic heterocycles. The maximum atomic E-state index is 11.6. The van der Waals surface area contributed by atoms with Gasteiger partial charge in [0.1, 0.15) is 5.75 Å². The van der Waals surface area contributed by atoms with Crippen LogP contribution in [0, 0.1) is 6.92 Å². The summed E-state index contributed by atoms with van der Waals surface area (Å²) in [6.07, 6.45) is 32.1. The van der Waals surface area contributed by atoms with E-state index in [9.17, 15) is 4.79 Å². The summed E-state index contributed by atoms with van der Waals surface area (Å²) in [5.74, 6) is 0.199. The Morgan fingerprint density at radius 2 is 0.972 bits per heavy atom. The zero-order chi connectivity index (χ0) is 26.1. The summed E-state index contributed by atoms with van der Waals surface area (Å²) in [7, 11) is 0. The first kappa shape index (κ1) is 32.5. The molecule has 0 unspecified atom stereocenters. The van der Waals surface area contributed by atoms with Crippen molar-refractivity contribution in [3.05, 3.63) is 29.3 Å². The van der Waals surface area contributed by atoms with Crippen molar-refractivity contribution in [3.8, 4) is 5.75 Å². The highest BCUT2D eigenvalue weighted by Crippen LogP contribution is 2.20. The Balaban J connectivity index is 1.76. The van der Waals surface area contributed by atoms with E-state index in [0.29, 0.717) is 17.9 Å². The first-order valence-corrected chi connectivity index (χ1v) is 15.7. The van der Waals surface area contributed by atoms with Gasteiger partial charge >= 0.3 is 0 Å². The highest BCUT2D eigenvalue weighted by atomic mass is 16.5. The highest BCUT2D eigenvalue weighted by molar-refractivity contribution is 5.95. The van der Waals surface area contributed by atoms with Crippen molar-refractivity contribution in [1.29, 1.82) is 0 Å². The van der Waals surface area contributed by atoms with Crippen LogP contribution in [-0.2, 0) is 0 Å². The standard InChI is InChI=1S/C33H59NO2/c1-3-4-5-6-7-8-9-10-11-12-13-14-15-16-17-18-19-20-21-22-23-24-25-28-36-32-27-26-30(2)29-31(32)33(34)35/h26-27,29H,3-25,28H2,1-2H3,(H2,34,35). The molecule has 1 aromatic carbocycles. The Morgan fingerprint density at radius 3 is 1.33 bits per heavy atom. The van der Waals surface area contributed by atoms with Gasteiger partial charge in [0.05, 0.1) is 12.2 Å². The van der Waals surface area contributed by atoms with E-state index in [1.54, 1.807) is 6.07 Å². The van der Waals surface area contributed by atoms with Gasteiger partial charge in [0.25, 0.3) is 5.91 Å². The van der Waals surface area contributed by atoms with E-state index in [2.05, 4.69) is 6.92 Å². The van der Waals surface area contributed by atoms with Crippen LogP contribution in [0.25, 0.3) is 0 Å². The summed E-state index contributed by atoms with van der Waals surface area (Å²) in [5.41, 5.74) is 6.97. The number of benzene rings is 1. The minimum atomic E-state index is -0.418. The normalized spacial score (nSPS) is 11.2. The monoisotopic (exact) mass is 501 g/mol. The van der Waals surface area contributed by atoms with Crippen LogP contribution < -0.4 is 10.5 Å². The maximum absolute atomic E-state index is 11.6. The van der Waals surface area contributed by atoms with Crippen molar-refractivity contribution < 1.29 is 9.53 Å². The third-order valence-corrected chi connectivity index (χ3v) is 7.41. The molecule has 0 saturated carbocycles. The van der Waals surface area contributed by atoms with Crippen molar-refractivity contribution in [1.82, 2.24) is 0 Å². The summed E-state index contributed by atoms with van der Waals surface area (Å²) in [6.45, 7) is 4.90. The van der Waals surface area contributed by atoms with Gasteiger partial charge in [-0.2, -0.15) is 0 Å². The molecule has 0 aliphatic rings. The third kappa shape index (κ3) is 18.7. The second kappa shape index (κ2) is 23.9. The second-order valence-electron chi connectivity index (χ2n) is 11.0. The summed E-state index contributed by atoms with van der Waals surface area (Å²) in [6, 6.07) is 5.62. The maximum Gasteiger partial charge on any atom is 0.252 e. The molecule has 3 nitrogen and oxygen atoms in total. The van der Waals surface area contributed by atoms with Gasteiger partial charge in [-0.15, -0.1) is 0 Å². The van der Waals surface area contributed by atoms with Crippen LogP contribution in [0.15, 0.2) is 18.2 Å². The highest BCUT2D eigenvalue weighted by Gasteiger charge is 2.09. The molecule has 0 aliphatic carbocycles. The van der Waals surface area contributed by atoms with E-state index in [1.165, 1.54) is 141 Å². The van der Waals surface area contributed by atoms with Gasteiger partial charge in [0.15, 0.2) is 0 Å². The van der Waals surface area contributed by atoms with Crippen LogP contribution in [0.3, 0.4) is 0 Å². The van der Waals surface area contributed by atoms with Crippen LogP contribution in [0.2, 0.25) is 0 Å². The largest absolute Gasteiger partial charge is 0.493 e. The molecule has 36 heavy (non-hydrogen) atoms. The minimum Gasteiger partial charge on any atom is -0.493 e. The Labute approximate surface area is 224 Å². The van der Waals surface area contributed by atoms with Crippen LogP contribution in [0.4, 0.5) is 0 Å². The molecule has 0 fully saturated rings. The van der Waals surface area contributed by atoms with Crippen molar-refractivity contribution in [2.24, 2.45) is 5.73 Å². The Bertz CT molecular complexity index is 643. The van der Waals surface area contributed by atoms with E-state index < -0.39 is 5.91 Å². The summed E-state index contributed by atoms with van der Waals surface area (Å²) < 4.78 is 5.80. The summed E-state index contributed by atoms with van der Waals surface area (Å²) >= 11 is 0. The van der Waals surface area contributed by atoms with Gasteiger partial charge in [0, 0.05) is 0 Å². The fourth-order valence-electron chi connectivity index (χ4n) is 5.03. The topological polar surface area (TPSA) is 52.3 Å². The first-order valence-electron chi connectivity index (χ1n) is 15.7. The van der Waals surface area contributed by atoms with E-state index >= 15 is 0 Å². The van der Waals surface area contributed by atoms with E-state index in [-0.39, 0.29) is 0 Å². The number of unbranched alkanes of at least 4 members (excludes halogenated alkanes) is 22. The van der Waals surface area contributed by atoms with Gasteiger partial charge < -0.3 is 10.5 Å². The summed E-state index contributed by atoms with van der Waals surface area (Å²) in [5, 5.41) is 0. The summed E-state index contributed by atoms with van der Waals surface area (Å²) in [4.78, 5) is 11.6. The Kier molecular flexibility index (Phi) is 21.6. The molecule has 208 valence electrons. The number of amides is 1. The quantitative estimate of drug-likeness (QED) is 0.128. The smallest absolute Gasteiger partial charge is 0.252 e. The predicted octanol–water partition coefficient (Wildman–Crippen LogP) is 10.5. The lowest BCUT2D eigenvalue weighted by molar-refractivity contribution is 0.0996. The van der Waals surface area contributed by atoms with Crippen LogP contribution in [-0.4, -0.2) is 12.5 Å². The molecule has 1 rings (SSSR count).